The molecule has 0 aromatic heterocycles. The molecule has 0 spiro atoms. The highest BCUT2D eigenvalue weighted by molar-refractivity contribution is 7.99. The van der Waals surface area contributed by atoms with Gasteiger partial charge in [-0.3, -0.25) is 0 Å². The first-order chi connectivity index (χ1) is 14.8. The third kappa shape index (κ3) is 6.07. The molecule has 0 amide bonds. The summed E-state index contributed by atoms with van der Waals surface area (Å²) >= 11 is 1.74. The van der Waals surface area contributed by atoms with Crippen LogP contribution in [0.25, 0.3) is 0 Å². The van der Waals surface area contributed by atoms with E-state index in [1.54, 1.807) is 18.7 Å². The van der Waals surface area contributed by atoms with Crippen LogP contribution in [-0.2, 0) is 10.9 Å². The smallest absolute Gasteiger partial charge is 0.419 e. The minimum absolute atomic E-state index is 0.0800. The van der Waals surface area contributed by atoms with Crippen molar-refractivity contribution in [2.45, 2.75) is 49.8 Å². The minimum atomic E-state index is -4.81. The van der Waals surface area contributed by atoms with Crippen molar-refractivity contribution in [3.05, 3.63) is 53.3 Å². The van der Waals surface area contributed by atoms with E-state index >= 15 is 0 Å². The zero-order chi connectivity index (χ0) is 22.4. The van der Waals surface area contributed by atoms with E-state index in [9.17, 15) is 17.6 Å². The average molecular weight is 459 g/mol. The van der Waals surface area contributed by atoms with E-state index in [4.69, 9.17) is 14.2 Å². The van der Waals surface area contributed by atoms with E-state index < -0.39 is 23.5 Å². The molecule has 0 radical (unpaired) electrons. The van der Waals surface area contributed by atoms with Crippen LogP contribution in [0.2, 0.25) is 0 Å². The molecule has 2 unspecified atom stereocenters. The Bertz CT molecular complexity index is 847. The molecule has 2 atom stereocenters. The Morgan fingerprint density at radius 2 is 1.77 bits per heavy atom. The van der Waals surface area contributed by atoms with Gasteiger partial charge in [-0.1, -0.05) is 13.0 Å². The number of halogens is 4. The summed E-state index contributed by atoms with van der Waals surface area (Å²) in [4.78, 5) is 1.16. The normalized spacial score (nSPS) is 19.3. The molecule has 2 aromatic rings. The van der Waals surface area contributed by atoms with E-state index in [0.717, 1.165) is 16.4 Å². The van der Waals surface area contributed by atoms with Crippen LogP contribution in [0, 0.1) is 5.82 Å². The van der Waals surface area contributed by atoms with E-state index in [1.807, 2.05) is 24.3 Å². The van der Waals surface area contributed by atoms with Crippen molar-refractivity contribution in [3.63, 3.8) is 0 Å². The maximum Gasteiger partial charge on any atom is 0.419 e. The van der Waals surface area contributed by atoms with Crippen molar-refractivity contribution in [3.8, 4) is 11.5 Å². The van der Waals surface area contributed by atoms with Crippen LogP contribution in [0.4, 0.5) is 17.6 Å². The fourth-order valence-corrected chi connectivity index (χ4v) is 4.30. The quantitative estimate of drug-likeness (QED) is 0.325. The summed E-state index contributed by atoms with van der Waals surface area (Å²) in [7, 11) is 0. The van der Waals surface area contributed by atoms with Gasteiger partial charge in [0, 0.05) is 10.8 Å². The Morgan fingerprint density at radius 3 is 2.35 bits per heavy atom. The fraction of sp³-hybridized carbons (Fsp3) is 0.478. The van der Waals surface area contributed by atoms with Crippen molar-refractivity contribution in [1.82, 2.24) is 0 Å². The predicted molar refractivity (Wildman–Crippen MR) is 113 cm³/mol. The van der Waals surface area contributed by atoms with Crippen LogP contribution < -0.4 is 9.47 Å². The molecule has 1 aliphatic rings. The van der Waals surface area contributed by atoms with Crippen LogP contribution in [0.3, 0.4) is 0 Å². The largest absolute Gasteiger partial charge is 0.491 e. The molecule has 0 N–H and O–H groups in total. The number of rotatable bonds is 8. The van der Waals surface area contributed by atoms with Crippen LogP contribution in [0.1, 0.15) is 43.7 Å². The van der Waals surface area contributed by atoms with Gasteiger partial charge >= 0.3 is 6.18 Å². The summed E-state index contributed by atoms with van der Waals surface area (Å²) in [6, 6.07) is 10.3. The second-order valence-corrected chi connectivity index (χ2v) is 8.56. The summed E-state index contributed by atoms with van der Waals surface area (Å²) in [5.41, 5.74) is -1.34. The van der Waals surface area contributed by atoms with Crippen LogP contribution >= 0.6 is 11.8 Å². The summed E-state index contributed by atoms with van der Waals surface area (Å²) in [5.74, 6) is -0.569. The molecule has 3 nitrogen and oxygen atoms in total. The molecule has 1 aliphatic heterocycles. The zero-order valence-corrected chi connectivity index (χ0v) is 18.3. The summed E-state index contributed by atoms with van der Waals surface area (Å²) in [5, 5.41) is 0. The Labute approximate surface area is 184 Å². The summed E-state index contributed by atoms with van der Waals surface area (Å²) in [6.07, 6.45) is -4.05. The highest BCUT2D eigenvalue weighted by atomic mass is 32.2. The molecule has 31 heavy (non-hydrogen) atoms. The van der Waals surface area contributed by atoms with Gasteiger partial charge in [-0.2, -0.15) is 13.2 Å². The predicted octanol–water partition coefficient (Wildman–Crippen LogP) is 6.70. The summed E-state index contributed by atoms with van der Waals surface area (Å²) < 4.78 is 71.8. The van der Waals surface area contributed by atoms with Gasteiger partial charge in [-0.25, -0.2) is 4.39 Å². The molecule has 2 aromatic carbocycles. The number of ether oxygens (including phenoxy) is 3. The molecular weight excluding hydrogens is 432 g/mol. The number of hydrogen-bond acceptors (Lipinski definition) is 4. The highest BCUT2D eigenvalue weighted by Crippen LogP contribution is 2.42. The molecule has 8 heteroatoms. The lowest BCUT2D eigenvalue weighted by Gasteiger charge is -2.31. The lowest BCUT2D eigenvalue weighted by Crippen LogP contribution is -2.30. The highest BCUT2D eigenvalue weighted by Gasteiger charge is 2.40. The first-order valence-electron chi connectivity index (χ1n) is 10.3. The third-order valence-electron chi connectivity index (χ3n) is 5.10. The summed E-state index contributed by atoms with van der Waals surface area (Å²) in [6.45, 7) is 4.16. The topological polar surface area (TPSA) is 27.7 Å². The number of alkyl halides is 3. The van der Waals surface area contributed by atoms with Crippen molar-refractivity contribution < 1.29 is 31.8 Å². The number of thioether (sulfide) groups is 1. The second kappa shape index (κ2) is 10.6. The molecule has 0 bridgehead atoms. The fourth-order valence-electron chi connectivity index (χ4n) is 3.64. The van der Waals surface area contributed by atoms with Crippen molar-refractivity contribution in [2.75, 3.05) is 25.6 Å². The van der Waals surface area contributed by atoms with Crippen molar-refractivity contribution in [2.24, 2.45) is 0 Å². The molecule has 1 saturated heterocycles. The van der Waals surface area contributed by atoms with E-state index in [-0.39, 0.29) is 30.6 Å². The van der Waals surface area contributed by atoms with Gasteiger partial charge in [-0.15, -0.1) is 11.8 Å². The van der Waals surface area contributed by atoms with Crippen LogP contribution in [0.5, 0.6) is 11.5 Å². The number of hydrogen-bond donors (Lipinski definition) is 0. The SMILES string of the molecule is CCOc1ccc(C2CCC(COc3ccc(SCC)cc3)OC2)c(C(F)(F)F)c1F. The van der Waals surface area contributed by atoms with Gasteiger partial charge in [0.1, 0.15) is 12.4 Å². The maximum atomic E-state index is 14.5. The minimum Gasteiger partial charge on any atom is -0.491 e. The van der Waals surface area contributed by atoms with Gasteiger partial charge in [-0.05, 0) is 61.4 Å². The first kappa shape index (κ1) is 23.7. The molecule has 0 saturated carbocycles. The van der Waals surface area contributed by atoms with E-state index in [0.29, 0.717) is 19.4 Å². The van der Waals surface area contributed by atoms with Crippen molar-refractivity contribution >= 4 is 11.8 Å². The Kier molecular flexibility index (Phi) is 8.11. The zero-order valence-electron chi connectivity index (χ0n) is 17.5. The second-order valence-electron chi connectivity index (χ2n) is 7.22. The Balaban J connectivity index is 1.62. The molecule has 170 valence electrons. The van der Waals surface area contributed by atoms with Gasteiger partial charge in [0.15, 0.2) is 11.6 Å². The maximum absolute atomic E-state index is 14.5. The molecule has 1 fully saturated rings. The molecule has 3 rings (SSSR count). The van der Waals surface area contributed by atoms with Gasteiger partial charge in [0.05, 0.1) is 24.9 Å². The number of benzene rings is 2. The Morgan fingerprint density at radius 1 is 1.03 bits per heavy atom. The monoisotopic (exact) mass is 458 g/mol. The lowest BCUT2D eigenvalue weighted by molar-refractivity contribution is -0.141. The standard InChI is InChI=1S/C23H26F4O3S/c1-3-28-20-12-11-19(21(22(20)24)23(25,26)27)15-5-6-17(29-13-15)14-30-16-7-9-18(10-8-16)31-4-2/h7-12,15,17H,3-6,13-14H2,1-2H3. The molecular formula is C23H26F4O3S. The van der Waals surface area contributed by atoms with E-state index in [2.05, 4.69) is 6.92 Å². The molecule has 1 heterocycles. The average Bonchev–Trinajstić information content (AvgIpc) is 2.74. The third-order valence-corrected chi connectivity index (χ3v) is 6.00. The van der Waals surface area contributed by atoms with Crippen LogP contribution in [0.15, 0.2) is 41.3 Å². The van der Waals surface area contributed by atoms with E-state index in [1.165, 1.54) is 12.1 Å². The van der Waals surface area contributed by atoms with Crippen LogP contribution in [-0.4, -0.2) is 31.7 Å². The lowest BCUT2D eigenvalue weighted by atomic mass is 9.87. The first-order valence-corrected chi connectivity index (χ1v) is 11.3. The van der Waals surface area contributed by atoms with Gasteiger partial charge < -0.3 is 14.2 Å². The van der Waals surface area contributed by atoms with Gasteiger partial charge in [0.2, 0.25) is 0 Å². The Hall–Kier alpha value is -1.93. The van der Waals surface area contributed by atoms with Gasteiger partial charge in [0.25, 0.3) is 0 Å². The van der Waals surface area contributed by atoms with Crippen molar-refractivity contribution in [1.29, 1.82) is 0 Å². The molecule has 0 aliphatic carbocycles.